The standard InChI is InChI=1S/C20H18N2O5S/c1-2-21(28(25,26)20-14-10-17(11-15-20)22(23)24)16-8-12-19(13-9-16)27-18-6-4-3-5-7-18/h3-15H,2H2,1H3. The van der Waals surface area contributed by atoms with Crippen LogP contribution in [0.25, 0.3) is 0 Å². The van der Waals surface area contributed by atoms with E-state index in [0.717, 1.165) is 0 Å². The van der Waals surface area contributed by atoms with E-state index in [1.807, 2.05) is 30.3 Å². The molecular formula is C20H18N2O5S. The molecule has 0 aliphatic heterocycles. The van der Waals surface area contributed by atoms with Gasteiger partial charge in [-0.15, -0.1) is 0 Å². The van der Waals surface area contributed by atoms with Gasteiger partial charge < -0.3 is 4.74 Å². The van der Waals surface area contributed by atoms with Crippen molar-refractivity contribution in [1.29, 1.82) is 0 Å². The zero-order valence-corrected chi connectivity index (χ0v) is 15.9. The maximum absolute atomic E-state index is 12.9. The Morgan fingerprint density at radius 2 is 1.46 bits per heavy atom. The lowest BCUT2D eigenvalue weighted by atomic mass is 10.3. The van der Waals surface area contributed by atoms with Crippen molar-refractivity contribution in [2.75, 3.05) is 10.8 Å². The Hall–Kier alpha value is -3.39. The lowest BCUT2D eigenvalue weighted by Crippen LogP contribution is -2.30. The number of anilines is 1. The van der Waals surface area contributed by atoms with Crippen molar-refractivity contribution in [3.05, 3.63) is 89.0 Å². The van der Waals surface area contributed by atoms with E-state index >= 15 is 0 Å². The fourth-order valence-corrected chi connectivity index (χ4v) is 4.14. The highest BCUT2D eigenvalue weighted by atomic mass is 32.2. The van der Waals surface area contributed by atoms with Gasteiger partial charge in [-0.2, -0.15) is 0 Å². The molecule has 0 amide bonds. The number of para-hydroxylation sites is 1. The molecule has 0 saturated heterocycles. The van der Waals surface area contributed by atoms with Crippen LogP contribution in [-0.4, -0.2) is 19.9 Å². The van der Waals surface area contributed by atoms with Gasteiger partial charge in [-0.3, -0.25) is 14.4 Å². The highest BCUT2D eigenvalue weighted by Gasteiger charge is 2.24. The summed E-state index contributed by atoms with van der Waals surface area (Å²) in [5.41, 5.74) is 0.311. The summed E-state index contributed by atoms with van der Waals surface area (Å²) in [5, 5.41) is 10.8. The number of rotatable bonds is 7. The molecule has 0 heterocycles. The van der Waals surface area contributed by atoms with Crippen molar-refractivity contribution in [1.82, 2.24) is 0 Å². The molecule has 0 radical (unpaired) electrons. The molecule has 0 saturated carbocycles. The minimum Gasteiger partial charge on any atom is -0.457 e. The monoisotopic (exact) mass is 398 g/mol. The van der Waals surface area contributed by atoms with Crippen molar-refractivity contribution >= 4 is 21.4 Å². The van der Waals surface area contributed by atoms with Crippen LogP contribution >= 0.6 is 0 Å². The summed E-state index contributed by atoms with van der Waals surface area (Å²) in [6.45, 7) is 1.93. The molecule has 0 aromatic heterocycles. The fraction of sp³-hybridized carbons (Fsp3) is 0.100. The lowest BCUT2D eigenvalue weighted by molar-refractivity contribution is -0.384. The van der Waals surface area contributed by atoms with E-state index in [1.54, 1.807) is 31.2 Å². The Labute approximate surface area is 163 Å². The van der Waals surface area contributed by atoms with E-state index < -0.39 is 14.9 Å². The molecule has 144 valence electrons. The van der Waals surface area contributed by atoms with Gasteiger partial charge in [0, 0.05) is 18.7 Å². The van der Waals surface area contributed by atoms with Crippen LogP contribution in [0, 0.1) is 10.1 Å². The molecule has 0 fully saturated rings. The van der Waals surface area contributed by atoms with Crippen molar-refractivity contribution in [2.45, 2.75) is 11.8 Å². The molecule has 8 heteroatoms. The minimum atomic E-state index is -3.85. The summed E-state index contributed by atoms with van der Waals surface area (Å²) in [6.07, 6.45) is 0. The summed E-state index contributed by atoms with van der Waals surface area (Å²) in [5.74, 6) is 1.26. The summed E-state index contributed by atoms with van der Waals surface area (Å²) >= 11 is 0. The van der Waals surface area contributed by atoms with E-state index in [9.17, 15) is 18.5 Å². The summed E-state index contributed by atoms with van der Waals surface area (Å²) < 4.78 is 32.8. The summed E-state index contributed by atoms with van der Waals surface area (Å²) in [6, 6.07) is 20.8. The van der Waals surface area contributed by atoms with Crippen LogP contribution in [0.2, 0.25) is 0 Å². The third-order valence-corrected chi connectivity index (χ3v) is 5.94. The van der Waals surface area contributed by atoms with Crippen molar-refractivity contribution in [3.63, 3.8) is 0 Å². The Bertz CT molecular complexity index is 1050. The number of nitro benzene ring substituents is 1. The van der Waals surface area contributed by atoms with Gasteiger partial charge in [0.25, 0.3) is 15.7 Å². The molecule has 3 aromatic carbocycles. The van der Waals surface area contributed by atoms with Gasteiger partial charge in [0.1, 0.15) is 11.5 Å². The quantitative estimate of drug-likeness (QED) is 0.428. The largest absolute Gasteiger partial charge is 0.457 e. The number of hydrogen-bond donors (Lipinski definition) is 0. The third-order valence-electron chi connectivity index (χ3n) is 4.03. The molecule has 0 aliphatic carbocycles. The first-order valence-electron chi connectivity index (χ1n) is 8.52. The number of non-ortho nitro benzene ring substituents is 1. The number of nitro groups is 1. The molecule has 3 rings (SSSR count). The zero-order valence-electron chi connectivity index (χ0n) is 15.1. The van der Waals surface area contributed by atoms with Gasteiger partial charge in [0.05, 0.1) is 15.5 Å². The van der Waals surface area contributed by atoms with Gasteiger partial charge >= 0.3 is 0 Å². The Morgan fingerprint density at radius 1 is 0.893 bits per heavy atom. The average molecular weight is 398 g/mol. The SMILES string of the molecule is CCN(c1ccc(Oc2ccccc2)cc1)S(=O)(=O)c1ccc([N+](=O)[O-])cc1. The number of nitrogens with zero attached hydrogens (tertiary/aromatic N) is 2. The number of hydrogen-bond acceptors (Lipinski definition) is 5. The van der Waals surface area contributed by atoms with E-state index in [4.69, 9.17) is 4.74 Å². The lowest BCUT2D eigenvalue weighted by Gasteiger charge is -2.23. The Morgan fingerprint density at radius 3 is 2.00 bits per heavy atom. The zero-order chi connectivity index (χ0) is 20.1. The van der Waals surface area contributed by atoms with Crippen LogP contribution in [0.1, 0.15) is 6.92 Å². The molecule has 3 aromatic rings. The van der Waals surface area contributed by atoms with Crippen LogP contribution in [-0.2, 0) is 10.0 Å². The molecule has 0 atom stereocenters. The maximum atomic E-state index is 12.9. The van der Waals surface area contributed by atoms with Crippen molar-refractivity contribution < 1.29 is 18.1 Å². The van der Waals surface area contributed by atoms with Gasteiger partial charge in [0.15, 0.2) is 0 Å². The van der Waals surface area contributed by atoms with Gasteiger partial charge in [-0.25, -0.2) is 8.42 Å². The molecule has 0 spiro atoms. The smallest absolute Gasteiger partial charge is 0.269 e. The minimum absolute atomic E-state index is 0.00966. The third kappa shape index (κ3) is 4.12. The van der Waals surface area contributed by atoms with E-state index in [2.05, 4.69) is 0 Å². The predicted octanol–water partition coefficient (Wildman–Crippen LogP) is 4.60. The maximum Gasteiger partial charge on any atom is 0.269 e. The molecule has 7 nitrogen and oxygen atoms in total. The number of sulfonamides is 1. The first-order chi connectivity index (χ1) is 13.4. The summed E-state index contributed by atoms with van der Waals surface area (Å²) in [4.78, 5) is 10.2. The van der Waals surface area contributed by atoms with E-state index in [0.29, 0.717) is 17.2 Å². The van der Waals surface area contributed by atoms with Gasteiger partial charge in [-0.1, -0.05) is 18.2 Å². The van der Waals surface area contributed by atoms with Crippen LogP contribution in [0.15, 0.2) is 83.8 Å². The highest BCUT2D eigenvalue weighted by Crippen LogP contribution is 2.28. The van der Waals surface area contributed by atoms with E-state index in [-0.39, 0.29) is 17.1 Å². The van der Waals surface area contributed by atoms with Crippen LogP contribution in [0.4, 0.5) is 11.4 Å². The predicted molar refractivity (Wildman–Crippen MR) is 106 cm³/mol. The summed E-state index contributed by atoms with van der Waals surface area (Å²) in [7, 11) is -3.85. The topological polar surface area (TPSA) is 89.8 Å². The highest BCUT2D eigenvalue weighted by molar-refractivity contribution is 7.92. The second-order valence-corrected chi connectivity index (χ2v) is 7.69. The fourth-order valence-electron chi connectivity index (χ4n) is 2.66. The molecule has 0 N–H and O–H groups in total. The average Bonchev–Trinajstić information content (AvgIpc) is 2.70. The van der Waals surface area contributed by atoms with E-state index in [1.165, 1.54) is 28.6 Å². The molecule has 28 heavy (non-hydrogen) atoms. The van der Waals surface area contributed by atoms with Gasteiger partial charge in [-0.05, 0) is 55.5 Å². The van der Waals surface area contributed by atoms with Crippen LogP contribution < -0.4 is 9.04 Å². The van der Waals surface area contributed by atoms with Gasteiger partial charge in [0.2, 0.25) is 0 Å². The molecule has 0 unspecified atom stereocenters. The molecule has 0 bridgehead atoms. The Kier molecular flexibility index (Phi) is 5.60. The van der Waals surface area contributed by atoms with Crippen LogP contribution in [0.5, 0.6) is 11.5 Å². The first kappa shape index (κ1) is 19.4. The number of ether oxygens (including phenoxy) is 1. The normalized spacial score (nSPS) is 11.0. The Balaban J connectivity index is 1.84. The molecule has 0 aliphatic rings. The van der Waals surface area contributed by atoms with Crippen molar-refractivity contribution in [2.24, 2.45) is 0 Å². The van der Waals surface area contributed by atoms with Crippen molar-refractivity contribution in [3.8, 4) is 11.5 Å². The second-order valence-electron chi connectivity index (χ2n) is 5.83. The second kappa shape index (κ2) is 8.10. The first-order valence-corrected chi connectivity index (χ1v) is 9.96. The van der Waals surface area contributed by atoms with Crippen LogP contribution in [0.3, 0.4) is 0 Å². The molecular weight excluding hydrogens is 380 g/mol. The number of benzene rings is 3.